The van der Waals surface area contributed by atoms with E-state index in [0.29, 0.717) is 24.1 Å². The number of benzene rings is 2. The van der Waals surface area contributed by atoms with Gasteiger partial charge in [-0.25, -0.2) is 13.1 Å². The van der Waals surface area contributed by atoms with Gasteiger partial charge in [-0.2, -0.15) is 5.10 Å². The predicted molar refractivity (Wildman–Crippen MR) is 142 cm³/mol. The Bertz CT molecular complexity index is 1390. The quantitative estimate of drug-likeness (QED) is 0.470. The fourth-order valence-corrected chi connectivity index (χ4v) is 6.78. The molecule has 0 saturated carbocycles. The van der Waals surface area contributed by atoms with Gasteiger partial charge in [0.2, 0.25) is 15.9 Å². The number of fused-ring (bicyclic) bond motifs is 3. The van der Waals surface area contributed by atoms with Crippen LogP contribution in [0.25, 0.3) is 11.3 Å². The van der Waals surface area contributed by atoms with Crippen LogP contribution in [-0.2, 0) is 21.9 Å². The third-order valence-corrected chi connectivity index (χ3v) is 8.99. The van der Waals surface area contributed by atoms with Crippen LogP contribution in [0.5, 0.6) is 5.75 Å². The average Bonchev–Trinajstić information content (AvgIpc) is 3.29. The molecular formula is C27H33N5O4S. The van der Waals surface area contributed by atoms with E-state index in [1.807, 2.05) is 36.0 Å². The van der Waals surface area contributed by atoms with Gasteiger partial charge >= 0.3 is 0 Å². The summed E-state index contributed by atoms with van der Waals surface area (Å²) < 4.78 is 36.1. The number of hydrogen-bond donors (Lipinski definition) is 2. The van der Waals surface area contributed by atoms with Crippen LogP contribution in [-0.4, -0.2) is 61.8 Å². The number of amides is 1. The molecule has 0 aliphatic carbocycles. The van der Waals surface area contributed by atoms with E-state index < -0.39 is 10.0 Å². The van der Waals surface area contributed by atoms with Crippen molar-refractivity contribution in [2.75, 3.05) is 32.1 Å². The Morgan fingerprint density at radius 2 is 1.92 bits per heavy atom. The van der Waals surface area contributed by atoms with Crippen LogP contribution < -0.4 is 14.8 Å². The maximum absolute atomic E-state index is 12.9. The topological polar surface area (TPSA) is 106 Å². The Balaban J connectivity index is 1.25. The van der Waals surface area contributed by atoms with Crippen LogP contribution in [0, 0.1) is 5.92 Å². The van der Waals surface area contributed by atoms with Crippen molar-refractivity contribution in [1.82, 2.24) is 19.4 Å². The highest BCUT2D eigenvalue weighted by atomic mass is 32.2. The molecule has 2 aromatic carbocycles. The Labute approximate surface area is 217 Å². The first-order valence-electron chi connectivity index (χ1n) is 12.5. The van der Waals surface area contributed by atoms with E-state index in [1.165, 1.54) is 24.8 Å². The number of carbonyl (C=O) groups excluding carboxylic acids is 1. The number of ether oxygens (including phenoxy) is 1. The molecule has 3 aliphatic rings. The van der Waals surface area contributed by atoms with Crippen molar-refractivity contribution in [3.63, 3.8) is 0 Å². The molecule has 1 amide bonds. The molecule has 2 N–H and O–H groups in total. The molecule has 4 atom stereocenters. The van der Waals surface area contributed by atoms with Crippen LogP contribution in [0.1, 0.15) is 31.4 Å². The maximum atomic E-state index is 12.9. The van der Waals surface area contributed by atoms with Gasteiger partial charge in [-0.1, -0.05) is 12.1 Å². The minimum atomic E-state index is -3.64. The van der Waals surface area contributed by atoms with Crippen molar-refractivity contribution < 1.29 is 17.9 Å². The summed E-state index contributed by atoms with van der Waals surface area (Å²) in [6.45, 7) is 3.64. The van der Waals surface area contributed by atoms with Crippen LogP contribution >= 0.6 is 0 Å². The van der Waals surface area contributed by atoms with E-state index in [0.717, 1.165) is 42.9 Å². The van der Waals surface area contributed by atoms with Crippen molar-refractivity contribution in [3.05, 3.63) is 60.3 Å². The van der Waals surface area contributed by atoms with Crippen LogP contribution in [0.2, 0.25) is 0 Å². The van der Waals surface area contributed by atoms with E-state index in [4.69, 9.17) is 9.84 Å². The fourth-order valence-electron chi connectivity index (χ4n) is 5.71. The van der Waals surface area contributed by atoms with Gasteiger partial charge in [0.1, 0.15) is 5.75 Å². The minimum absolute atomic E-state index is 0.158. The lowest BCUT2D eigenvalue weighted by Crippen LogP contribution is -2.56. The van der Waals surface area contributed by atoms with E-state index in [-0.39, 0.29) is 16.8 Å². The number of methoxy groups -OCH3 is 1. The number of rotatable bonds is 8. The molecule has 3 aromatic rings. The highest BCUT2D eigenvalue weighted by Crippen LogP contribution is 2.43. The lowest BCUT2D eigenvalue weighted by molar-refractivity contribution is -0.114. The van der Waals surface area contributed by atoms with E-state index >= 15 is 0 Å². The molecule has 3 fully saturated rings. The number of piperidine rings is 3. The Hall–Kier alpha value is -3.21. The summed E-state index contributed by atoms with van der Waals surface area (Å²) in [5.41, 5.74) is 3.65. The van der Waals surface area contributed by atoms with E-state index in [9.17, 15) is 13.2 Å². The van der Waals surface area contributed by atoms with Gasteiger partial charge in [-0.3, -0.25) is 14.4 Å². The number of nitrogens with zero attached hydrogens (tertiary/aromatic N) is 3. The molecule has 9 nitrogen and oxygen atoms in total. The highest BCUT2D eigenvalue weighted by Gasteiger charge is 2.42. The van der Waals surface area contributed by atoms with Crippen molar-refractivity contribution in [2.45, 2.75) is 36.6 Å². The number of anilines is 1. The number of carbonyl (C=O) groups is 1. The smallest absolute Gasteiger partial charge is 0.240 e. The molecule has 10 heteroatoms. The average molecular weight is 524 g/mol. The number of hydrogen-bond acceptors (Lipinski definition) is 6. The second-order valence-corrected chi connectivity index (χ2v) is 11.6. The first-order valence-corrected chi connectivity index (χ1v) is 14.0. The van der Waals surface area contributed by atoms with Crippen LogP contribution in [0.3, 0.4) is 0 Å². The van der Waals surface area contributed by atoms with Crippen molar-refractivity contribution in [3.8, 4) is 17.0 Å². The molecule has 196 valence electrons. The third kappa shape index (κ3) is 5.27. The summed E-state index contributed by atoms with van der Waals surface area (Å²) in [6.07, 6.45) is 2.03. The Morgan fingerprint density at radius 1 is 1.16 bits per heavy atom. The lowest BCUT2D eigenvalue weighted by Gasteiger charge is -2.49. The largest absolute Gasteiger partial charge is 0.496 e. The molecule has 1 aromatic heterocycles. The molecular weight excluding hydrogens is 490 g/mol. The lowest BCUT2D eigenvalue weighted by atomic mass is 9.74. The second-order valence-electron chi connectivity index (χ2n) is 9.88. The standard InChI is InChI=1S/C27H33N5O4S/c1-18(33)29-20-8-10-22(11-9-20)37(34,35)28-16-21-14-19-12-13-32(21)17-24(19)26-15-25(30-31(26)2)23-6-4-5-7-27(23)36-3/h4-11,15,19,21,24,28H,12-14,16-17H2,1-3H3,(H,29,33)/t19-,21-,24+/m1/s1. The molecule has 0 radical (unpaired) electrons. The number of sulfonamides is 1. The van der Waals surface area contributed by atoms with Gasteiger partial charge in [0, 0.05) is 56.0 Å². The number of aryl methyl sites for hydroxylation is 1. The summed E-state index contributed by atoms with van der Waals surface area (Å²) in [5.74, 6) is 1.43. The number of nitrogens with one attached hydrogen (secondary N) is 2. The molecule has 4 heterocycles. The summed E-state index contributed by atoms with van der Waals surface area (Å²) in [4.78, 5) is 13.8. The van der Waals surface area contributed by atoms with Crippen LogP contribution in [0.15, 0.2) is 59.5 Å². The zero-order chi connectivity index (χ0) is 26.2. The predicted octanol–water partition coefficient (Wildman–Crippen LogP) is 3.21. The van der Waals surface area contributed by atoms with Crippen molar-refractivity contribution in [1.29, 1.82) is 0 Å². The monoisotopic (exact) mass is 523 g/mol. The first kappa shape index (κ1) is 25.4. The molecule has 3 saturated heterocycles. The third-order valence-electron chi connectivity index (χ3n) is 7.55. The molecule has 0 spiro atoms. The van der Waals surface area contributed by atoms with Gasteiger partial charge in [0.05, 0.1) is 17.7 Å². The van der Waals surface area contributed by atoms with Gasteiger partial charge < -0.3 is 10.1 Å². The van der Waals surface area contributed by atoms with Crippen molar-refractivity contribution >= 4 is 21.6 Å². The summed E-state index contributed by atoms with van der Waals surface area (Å²) in [6, 6.07) is 16.5. The minimum Gasteiger partial charge on any atom is -0.496 e. The summed E-state index contributed by atoms with van der Waals surface area (Å²) in [7, 11) is 0.0232. The van der Waals surface area contributed by atoms with Gasteiger partial charge in [0.15, 0.2) is 0 Å². The molecule has 1 unspecified atom stereocenters. The SMILES string of the molecule is COc1ccccc1-c1cc([C@H]2CN3CC[C@@H]2C[C@@H]3CNS(=O)(=O)c2ccc(NC(C)=O)cc2)n(C)n1. The first-order chi connectivity index (χ1) is 17.7. The van der Waals surface area contributed by atoms with E-state index in [2.05, 4.69) is 21.0 Å². The summed E-state index contributed by atoms with van der Waals surface area (Å²) in [5, 5.41) is 7.44. The van der Waals surface area contributed by atoms with Gasteiger partial charge in [-0.05, 0) is 67.8 Å². The fraction of sp³-hybridized carbons (Fsp3) is 0.407. The zero-order valence-corrected chi connectivity index (χ0v) is 22.2. The Morgan fingerprint density at radius 3 is 2.59 bits per heavy atom. The van der Waals surface area contributed by atoms with Gasteiger partial charge in [0.25, 0.3) is 0 Å². The van der Waals surface area contributed by atoms with E-state index in [1.54, 1.807) is 19.2 Å². The summed E-state index contributed by atoms with van der Waals surface area (Å²) >= 11 is 0. The Kier molecular flexibility index (Phi) is 7.06. The molecule has 3 aliphatic heterocycles. The maximum Gasteiger partial charge on any atom is 0.240 e. The number of aromatic nitrogens is 2. The zero-order valence-electron chi connectivity index (χ0n) is 21.3. The van der Waals surface area contributed by atoms with Crippen molar-refractivity contribution in [2.24, 2.45) is 13.0 Å². The second kappa shape index (κ2) is 10.3. The van der Waals surface area contributed by atoms with Crippen LogP contribution in [0.4, 0.5) is 5.69 Å². The number of para-hydroxylation sites is 1. The normalized spacial score (nSPS) is 23.1. The molecule has 6 rings (SSSR count). The highest BCUT2D eigenvalue weighted by molar-refractivity contribution is 7.89. The van der Waals surface area contributed by atoms with Gasteiger partial charge in [-0.15, -0.1) is 0 Å². The molecule has 2 bridgehead atoms. The molecule has 37 heavy (non-hydrogen) atoms.